The molecule has 0 unspecified atom stereocenters. The summed E-state index contributed by atoms with van der Waals surface area (Å²) in [6.45, 7) is 4.19. The summed E-state index contributed by atoms with van der Waals surface area (Å²) in [5, 5.41) is 0. The summed E-state index contributed by atoms with van der Waals surface area (Å²) in [6, 6.07) is 4.34. The van der Waals surface area contributed by atoms with Crippen LogP contribution in [0.1, 0.15) is 43.5 Å². The summed E-state index contributed by atoms with van der Waals surface area (Å²) in [5.74, 6) is 0.273. The molecule has 0 atom stereocenters. The molecule has 88 valence electrons. The number of hydrogen-bond donors (Lipinski definition) is 0. The smallest absolute Gasteiger partial charge is 0.164 e. The van der Waals surface area contributed by atoms with E-state index >= 15 is 0 Å². The van der Waals surface area contributed by atoms with Crippen LogP contribution in [0.15, 0.2) is 18.2 Å². The maximum Gasteiger partial charge on any atom is 0.164 e. The minimum atomic E-state index is -0.288. The van der Waals surface area contributed by atoms with Gasteiger partial charge in [0, 0.05) is 15.6 Å². The van der Waals surface area contributed by atoms with E-state index in [0.717, 1.165) is 12.8 Å². The normalized spacial score (nSPS) is 10.8. The lowest BCUT2D eigenvalue weighted by molar-refractivity contribution is 0.0958. The highest BCUT2D eigenvalue weighted by Gasteiger charge is 2.14. The van der Waals surface area contributed by atoms with Crippen molar-refractivity contribution in [2.75, 3.05) is 0 Å². The fourth-order valence-electron chi connectivity index (χ4n) is 1.67. The van der Waals surface area contributed by atoms with Crippen LogP contribution < -0.4 is 0 Å². The van der Waals surface area contributed by atoms with Crippen LogP contribution in [0.4, 0.5) is 4.39 Å². The quantitative estimate of drug-likeness (QED) is 0.575. The van der Waals surface area contributed by atoms with Crippen LogP contribution in [0.5, 0.6) is 0 Å². The lowest BCUT2D eigenvalue weighted by Gasteiger charge is -2.11. The van der Waals surface area contributed by atoms with Gasteiger partial charge in [-0.05, 0) is 46.7 Å². The molecule has 0 saturated carbocycles. The minimum absolute atomic E-state index is 0.123. The van der Waals surface area contributed by atoms with E-state index in [1.54, 1.807) is 6.07 Å². The van der Waals surface area contributed by atoms with Crippen molar-refractivity contribution in [1.82, 2.24) is 0 Å². The Morgan fingerprint density at radius 1 is 1.38 bits per heavy atom. The van der Waals surface area contributed by atoms with Gasteiger partial charge in [0.15, 0.2) is 5.78 Å². The molecular weight excluding hydrogens is 318 g/mol. The molecule has 0 aliphatic heterocycles. The summed E-state index contributed by atoms with van der Waals surface area (Å²) in [4.78, 5) is 12.0. The maximum absolute atomic E-state index is 12.9. The van der Waals surface area contributed by atoms with Crippen molar-refractivity contribution in [3.63, 3.8) is 0 Å². The van der Waals surface area contributed by atoms with Crippen LogP contribution in [0.3, 0.4) is 0 Å². The van der Waals surface area contributed by atoms with Crippen LogP contribution >= 0.6 is 22.6 Å². The van der Waals surface area contributed by atoms with Gasteiger partial charge < -0.3 is 0 Å². The largest absolute Gasteiger partial charge is 0.294 e. The first kappa shape index (κ1) is 13.6. The predicted octanol–water partition coefficient (Wildman–Crippen LogP) is 4.44. The van der Waals surface area contributed by atoms with Gasteiger partial charge in [0.1, 0.15) is 5.82 Å². The fraction of sp³-hybridized carbons (Fsp3) is 0.462. The predicted molar refractivity (Wildman–Crippen MR) is 72.1 cm³/mol. The van der Waals surface area contributed by atoms with Gasteiger partial charge in [0.05, 0.1) is 0 Å². The van der Waals surface area contributed by atoms with Crippen molar-refractivity contribution in [1.29, 1.82) is 0 Å². The Balaban J connectivity index is 2.80. The molecule has 0 spiro atoms. The average molecular weight is 334 g/mol. The van der Waals surface area contributed by atoms with Crippen molar-refractivity contribution in [2.45, 2.75) is 33.1 Å². The second-order valence-corrected chi connectivity index (χ2v) is 5.10. The highest BCUT2D eigenvalue weighted by molar-refractivity contribution is 14.1. The topological polar surface area (TPSA) is 17.1 Å². The molecule has 0 radical (unpaired) electrons. The number of ketones is 1. The third kappa shape index (κ3) is 3.54. The van der Waals surface area contributed by atoms with Gasteiger partial charge in [-0.1, -0.05) is 26.7 Å². The summed E-state index contributed by atoms with van der Waals surface area (Å²) in [6.07, 6.45) is 2.59. The number of hydrogen-bond acceptors (Lipinski definition) is 1. The summed E-state index contributed by atoms with van der Waals surface area (Å²) >= 11 is 2.01. The third-order valence-electron chi connectivity index (χ3n) is 2.86. The monoisotopic (exact) mass is 334 g/mol. The second kappa shape index (κ2) is 6.33. The molecule has 0 saturated heterocycles. The van der Waals surface area contributed by atoms with E-state index < -0.39 is 0 Å². The first-order chi connectivity index (χ1) is 7.58. The number of rotatable bonds is 5. The van der Waals surface area contributed by atoms with E-state index in [-0.39, 0.29) is 11.6 Å². The number of carbonyl (C=O) groups excluding carboxylic acids is 1. The first-order valence-electron chi connectivity index (χ1n) is 5.56. The van der Waals surface area contributed by atoms with Crippen LogP contribution in [0, 0.1) is 15.3 Å². The molecular formula is C13H16FIO. The summed E-state index contributed by atoms with van der Waals surface area (Å²) in [7, 11) is 0. The van der Waals surface area contributed by atoms with Gasteiger partial charge in [-0.15, -0.1) is 0 Å². The molecule has 0 aromatic heterocycles. The number of benzene rings is 1. The van der Waals surface area contributed by atoms with Crippen LogP contribution in [-0.4, -0.2) is 5.78 Å². The molecule has 1 rings (SSSR count). The molecule has 0 fully saturated rings. The lowest BCUT2D eigenvalue weighted by atomic mass is 9.94. The van der Waals surface area contributed by atoms with Crippen molar-refractivity contribution >= 4 is 28.4 Å². The summed E-state index contributed by atoms with van der Waals surface area (Å²) < 4.78 is 13.6. The molecule has 3 heteroatoms. The Morgan fingerprint density at radius 3 is 2.50 bits per heavy atom. The van der Waals surface area contributed by atoms with Crippen molar-refractivity contribution in [3.8, 4) is 0 Å². The van der Waals surface area contributed by atoms with Crippen molar-refractivity contribution < 1.29 is 9.18 Å². The van der Waals surface area contributed by atoms with Gasteiger partial charge in [0.2, 0.25) is 0 Å². The zero-order valence-corrected chi connectivity index (χ0v) is 11.8. The third-order valence-corrected chi connectivity index (χ3v) is 3.75. The van der Waals surface area contributed by atoms with Crippen molar-refractivity contribution in [2.24, 2.45) is 5.92 Å². The Morgan fingerprint density at radius 2 is 2.00 bits per heavy atom. The Kier molecular flexibility index (Phi) is 5.38. The molecule has 0 aliphatic carbocycles. The Labute approximate surface area is 110 Å². The Hall–Kier alpha value is -0.450. The van der Waals surface area contributed by atoms with Crippen LogP contribution in [-0.2, 0) is 0 Å². The zero-order chi connectivity index (χ0) is 12.1. The van der Waals surface area contributed by atoms with Gasteiger partial charge in [0.25, 0.3) is 0 Å². The summed E-state index contributed by atoms with van der Waals surface area (Å²) in [5.41, 5.74) is 0.647. The van der Waals surface area contributed by atoms with Gasteiger partial charge >= 0.3 is 0 Å². The lowest BCUT2D eigenvalue weighted by Crippen LogP contribution is -2.09. The number of halogens is 2. The molecule has 0 amide bonds. The molecule has 0 heterocycles. The van der Waals surface area contributed by atoms with Crippen molar-refractivity contribution in [3.05, 3.63) is 33.1 Å². The molecule has 1 aromatic carbocycles. The van der Waals surface area contributed by atoms with Crippen LogP contribution in [0.2, 0.25) is 0 Å². The maximum atomic E-state index is 12.9. The highest BCUT2D eigenvalue weighted by Crippen LogP contribution is 2.20. The van der Waals surface area contributed by atoms with E-state index in [2.05, 4.69) is 13.8 Å². The zero-order valence-electron chi connectivity index (χ0n) is 9.59. The number of carbonyl (C=O) groups is 1. The number of Topliss-reactive ketones (excluding diaryl/α,β-unsaturated/α-hetero) is 1. The first-order valence-corrected chi connectivity index (χ1v) is 6.64. The van der Waals surface area contributed by atoms with Gasteiger partial charge in [-0.2, -0.15) is 0 Å². The second-order valence-electron chi connectivity index (χ2n) is 3.93. The fourth-order valence-corrected chi connectivity index (χ4v) is 2.44. The SMILES string of the molecule is CCC(CC)CC(=O)c1ccc(F)cc1I. The van der Waals surface area contributed by atoms with Gasteiger partial charge in [-0.3, -0.25) is 4.79 Å². The Bertz CT molecular complexity index is 372. The molecule has 0 N–H and O–H groups in total. The van der Waals surface area contributed by atoms with E-state index in [9.17, 15) is 9.18 Å². The molecule has 0 aliphatic rings. The van der Waals surface area contributed by atoms with E-state index in [1.807, 2.05) is 22.6 Å². The molecule has 16 heavy (non-hydrogen) atoms. The minimum Gasteiger partial charge on any atom is -0.294 e. The average Bonchev–Trinajstić information content (AvgIpc) is 2.25. The van der Waals surface area contributed by atoms with E-state index in [0.29, 0.717) is 21.5 Å². The van der Waals surface area contributed by atoms with Crippen LogP contribution in [0.25, 0.3) is 0 Å². The standard InChI is InChI=1S/C13H16FIO/c1-3-9(4-2)7-13(16)11-6-5-10(14)8-12(11)15/h5-6,8-9H,3-4,7H2,1-2H3. The molecule has 0 bridgehead atoms. The van der Waals surface area contributed by atoms with E-state index in [4.69, 9.17) is 0 Å². The van der Waals surface area contributed by atoms with Gasteiger partial charge in [-0.25, -0.2) is 4.39 Å². The molecule has 1 nitrogen and oxygen atoms in total. The van der Waals surface area contributed by atoms with E-state index in [1.165, 1.54) is 12.1 Å². The highest BCUT2D eigenvalue weighted by atomic mass is 127. The molecule has 1 aromatic rings.